The molecule has 2 atom stereocenters. The molecule has 0 aliphatic carbocycles. The van der Waals surface area contributed by atoms with E-state index in [0.717, 1.165) is 0 Å². The van der Waals surface area contributed by atoms with E-state index in [-0.39, 0.29) is 0 Å². The first-order chi connectivity index (χ1) is 8.31. The number of rotatable bonds is 5. The highest BCUT2D eigenvalue weighted by molar-refractivity contribution is 7.93. The summed E-state index contributed by atoms with van der Waals surface area (Å²) < 4.78 is 23.7. The monoisotopic (exact) mass is 293 g/mol. The molecule has 0 unspecified atom stereocenters. The zero-order valence-electron chi connectivity index (χ0n) is 12.2. The molecule has 1 amide bonds. The SMILES string of the molecule is CC(C)S(=O)(=O)[C@@H](C)C(=O)N[C@H](C(=O)O)C(C)(C)C. The molecule has 0 aliphatic heterocycles. The number of nitrogens with one attached hydrogen (secondary N) is 1. The Bertz CT molecular complexity index is 447. The minimum Gasteiger partial charge on any atom is -0.480 e. The molecule has 0 aromatic carbocycles. The summed E-state index contributed by atoms with van der Waals surface area (Å²) in [7, 11) is -3.60. The van der Waals surface area contributed by atoms with Crippen LogP contribution in [-0.4, -0.2) is 41.9 Å². The van der Waals surface area contributed by atoms with Crippen molar-refractivity contribution in [3.63, 3.8) is 0 Å². The van der Waals surface area contributed by atoms with Crippen molar-refractivity contribution in [3.05, 3.63) is 0 Å². The fourth-order valence-corrected chi connectivity index (χ4v) is 2.65. The van der Waals surface area contributed by atoms with E-state index in [2.05, 4.69) is 5.32 Å². The molecular weight excluding hydrogens is 270 g/mol. The Morgan fingerprint density at radius 2 is 1.53 bits per heavy atom. The number of sulfone groups is 1. The van der Waals surface area contributed by atoms with Gasteiger partial charge in [-0.1, -0.05) is 20.8 Å². The number of hydrogen-bond donors (Lipinski definition) is 2. The van der Waals surface area contributed by atoms with Crippen molar-refractivity contribution in [3.8, 4) is 0 Å². The molecule has 0 saturated carbocycles. The molecule has 0 radical (unpaired) electrons. The molecule has 0 heterocycles. The van der Waals surface area contributed by atoms with E-state index in [0.29, 0.717) is 0 Å². The topological polar surface area (TPSA) is 101 Å². The second-order valence-electron chi connectivity index (χ2n) is 5.93. The van der Waals surface area contributed by atoms with Crippen LogP contribution >= 0.6 is 0 Å². The maximum absolute atomic E-state index is 11.9. The summed E-state index contributed by atoms with van der Waals surface area (Å²) in [6, 6.07) is -1.13. The summed E-state index contributed by atoms with van der Waals surface area (Å²) in [5.41, 5.74) is -0.706. The van der Waals surface area contributed by atoms with Crippen LogP contribution in [0.2, 0.25) is 0 Å². The lowest BCUT2D eigenvalue weighted by molar-refractivity contribution is -0.144. The highest BCUT2D eigenvalue weighted by Crippen LogP contribution is 2.20. The summed E-state index contributed by atoms with van der Waals surface area (Å²) in [6.07, 6.45) is 0. The fourth-order valence-electron chi connectivity index (χ4n) is 1.47. The first-order valence-corrected chi connectivity index (χ1v) is 7.68. The lowest BCUT2D eigenvalue weighted by Gasteiger charge is -2.29. The molecule has 0 spiro atoms. The standard InChI is InChI=1S/C12H23NO5S/c1-7(2)19(17,18)8(3)10(14)13-9(11(15)16)12(4,5)6/h7-9H,1-6H3,(H,13,14)(H,15,16)/t8-,9+/m0/s1. The number of carbonyl (C=O) groups is 2. The third kappa shape index (κ3) is 4.49. The molecule has 0 aliphatic rings. The maximum Gasteiger partial charge on any atom is 0.326 e. The van der Waals surface area contributed by atoms with Gasteiger partial charge in [-0.2, -0.15) is 0 Å². The zero-order chi connectivity index (χ0) is 15.6. The molecule has 6 nitrogen and oxygen atoms in total. The smallest absolute Gasteiger partial charge is 0.326 e. The van der Waals surface area contributed by atoms with Crippen molar-refractivity contribution in [2.75, 3.05) is 0 Å². The first kappa shape index (κ1) is 17.9. The number of aliphatic carboxylic acids is 1. The van der Waals surface area contributed by atoms with Crippen LogP contribution in [0.1, 0.15) is 41.5 Å². The number of carboxylic acid groups (broad SMARTS) is 1. The van der Waals surface area contributed by atoms with Gasteiger partial charge in [0.25, 0.3) is 0 Å². The average molecular weight is 293 g/mol. The minimum atomic E-state index is -3.60. The van der Waals surface area contributed by atoms with Gasteiger partial charge in [0.05, 0.1) is 5.25 Å². The Morgan fingerprint density at radius 3 is 1.79 bits per heavy atom. The molecule has 0 aromatic rings. The number of carboxylic acids is 1. The van der Waals surface area contributed by atoms with Crippen LogP contribution in [0, 0.1) is 5.41 Å². The Balaban J connectivity index is 5.11. The normalized spacial score (nSPS) is 15.9. The molecule has 0 saturated heterocycles. The van der Waals surface area contributed by atoms with Gasteiger partial charge < -0.3 is 10.4 Å². The second-order valence-corrected chi connectivity index (χ2v) is 8.75. The van der Waals surface area contributed by atoms with Crippen molar-refractivity contribution in [1.29, 1.82) is 0 Å². The third-order valence-corrected chi connectivity index (χ3v) is 5.43. The quantitative estimate of drug-likeness (QED) is 0.781. The molecule has 19 heavy (non-hydrogen) atoms. The Kier molecular flexibility index (Phi) is 5.55. The van der Waals surface area contributed by atoms with E-state index in [1.807, 2.05) is 0 Å². The van der Waals surface area contributed by atoms with Crippen molar-refractivity contribution < 1.29 is 23.1 Å². The Hall–Kier alpha value is -1.11. The van der Waals surface area contributed by atoms with E-state index in [9.17, 15) is 18.0 Å². The van der Waals surface area contributed by atoms with Gasteiger partial charge in [0.1, 0.15) is 11.3 Å². The third-order valence-electron chi connectivity index (χ3n) is 2.92. The molecule has 0 fully saturated rings. The maximum atomic E-state index is 11.9. The van der Waals surface area contributed by atoms with Gasteiger partial charge in [-0.15, -0.1) is 0 Å². The van der Waals surface area contributed by atoms with Gasteiger partial charge in [0.15, 0.2) is 9.84 Å². The van der Waals surface area contributed by atoms with Crippen molar-refractivity contribution in [1.82, 2.24) is 5.32 Å². The highest BCUT2D eigenvalue weighted by atomic mass is 32.2. The van der Waals surface area contributed by atoms with Crippen LogP contribution in [0.25, 0.3) is 0 Å². The van der Waals surface area contributed by atoms with E-state index in [4.69, 9.17) is 5.11 Å². The average Bonchev–Trinajstić information content (AvgIpc) is 2.21. The van der Waals surface area contributed by atoms with Gasteiger partial charge in [0, 0.05) is 0 Å². The summed E-state index contributed by atoms with van der Waals surface area (Å²) in [5, 5.41) is 9.43. The van der Waals surface area contributed by atoms with Crippen LogP contribution < -0.4 is 5.32 Å². The largest absolute Gasteiger partial charge is 0.480 e. The predicted molar refractivity (Wildman–Crippen MR) is 72.5 cm³/mol. The summed E-state index contributed by atoms with van der Waals surface area (Å²) >= 11 is 0. The van der Waals surface area contributed by atoms with Crippen LogP contribution in [-0.2, 0) is 19.4 Å². The van der Waals surface area contributed by atoms with Crippen LogP contribution in [0.3, 0.4) is 0 Å². The van der Waals surface area contributed by atoms with Crippen LogP contribution in [0.5, 0.6) is 0 Å². The summed E-state index contributed by atoms with van der Waals surface area (Å²) in [4.78, 5) is 23.0. The van der Waals surface area contributed by atoms with Crippen molar-refractivity contribution in [2.24, 2.45) is 5.41 Å². The molecule has 0 aromatic heterocycles. The van der Waals surface area contributed by atoms with E-state index < -0.39 is 43.7 Å². The lowest BCUT2D eigenvalue weighted by Crippen LogP contribution is -2.53. The molecule has 0 rings (SSSR count). The summed E-state index contributed by atoms with van der Waals surface area (Å²) in [6.45, 7) is 9.22. The van der Waals surface area contributed by atoms with Crippen LogP contribution in [0.15, 0.2) is 0 Å². The lowest BCUT2D eigenvalue weighted by atomic mass is 9.86. The number of amides is 1. The van der Waals surface area contributed by atoms with Gasteiger partial charge in [-0.05, 0) is 26.2 Å². The second kappa shape index (κ2) is 5.90. The molecule has 2 N–H and O–H groups in total. The number of hydrogen-bond acceptors (Lipinski definition) is 4. The fraction of sp³-hybridized carbons (Fsp3) is 0.833. The Morgan fingerprint density at radius 1 is 1.11 bits per heavy atom. The van der Waals surface area contributed by atoms with Gasteiger partial charge in [-0.25, -0.2) is 13.2 Å². The first-order valence-electron chi connectivity index (χ1n) is 6.07. The van der Waals surface area contributed by atoms with Crippen LogP contribution in [0.4, 0.5) is 0 Å². The van der Waals surface area contributed by atoms with Gasteiger partial charge in [0.2, 0.25) is 5.91 Å². The van der Waals surface area contributed by atoms with E-state index in [1.165, 1.54) is 20.8 Å². The van der Waals surface area contributed by atoms with Gasteiger partial charge in [-0.3, -0.25) is 4.79 Å². The number of carbonyl (C=O) groups excluding carboxylic acids is 1. The molecular formula is C12H23NO5S. The van der Waals surface area contributed by atoms with Gasteiger partial charge >= 0.3 is 5.97 Å². The molecule has 112 valence electrons. The molecule has 0 bridgehead atoms. The van der Waals surface area contributed by atoms with E-state index in [1.54, 1.807) is 20.8 Å². The minimum absolute atomic E-state index is 0.689. The predicted octanol–water partition coefficient (Wildman–Crippen LogP) is 0.814. The van der Waals surface area contributed by atoms with Crippen molar-refractivity contribution >= 4 is 21.7 Å². The molecule has 7 heteroatoms. The highest BCUT2D eigenvalue weighted by Gasteiger charge is 2.37. The van der Waals surface area contributed by atoms with E-state index >= 15 is 0 Å². The Labute approximate surface area is 114 Å². The zero-order valence-corrected chi connectivity index (χ0v) is 13.0. The van der Waals surface area contributed by atoms with Crippen molar-refractivity contribution in [2.45, 2.75) is 58.1 Å². The summed E-state index contributed by atoms with van der Waals surface area (Å²) in [5.74, 6) is -1.97.